The summed E-state index contributed by atoms with van der Waals surface area (Å²) in [5.41, 5.74) is 0.714. The van der Waals surface area contributed by atoms with Gasteiger partial charge in [-0.25, -0.2) is 0 Å². The van der Waals surface area contributed by atoms with Crippen LogP contribution in [0.25, 0.3) is 0 Å². The summed E-state index contributed by atoms with van der Waals surface area (Å²) in [6, 6.07) is 5.30. The average Bonchev–Trinajstić information content (AvgIpc) is 2.01. The molecule has 0 spiro atoms. The van der Waals surface area contributed by atoms with Gasteiger partial charge in [0.15, 0.2) is 0 Å². The number of hydrogen-bond donors (Lipinski definition) is 0. The normalized spacial score (nSPS) is 12.3. The van der Waals surface area contributed by atoms with Gasteiger partial charge in [0.25, 0.3) is 0 Å². The molecule has 0 aliphatic carbocycles. The Kier molecular flexibility index (Phi) is 4.24. The molecule has 0 aliphatic heterocycles. The first-order valence-corrected chi connectivity index (χ1v) is 5.33. The van der Waals surface area contributed by atoms with Gasteiger partial charge in [0.1, 0.15) is 5.17 Å². The van der Waals surface area contributed by atoms with Gasteiger partial charge in [-0.05, 0) is 32.0 Å². The summed E-state index contributed by atoms with van der Waals surface area (Å²) in [7, 11) is 0. The first-order chi connectivity index (χ1) is 6.50. The molecule has 0 N–H and O–H groups in total. The van der Waals surface area contributed by atoms with Gasteiger partial charge in [0.2, 0.25) is 0 Å². The monoisotopic (exact) mass is 249 g/mol. The molecular weight excluding hydrogens is 240 g/mol. The maximum absolute atomic E-state index is 5.98. The first-order valence-electron chi connectivity index (χ1n) is 4.19. The molecule has 0 radical (unpaired) electrons. The van der Waals surface area contributed by atoms with Gasteiger partial charge in [-0.1, -0.05) is 34.8 Å². The highest BCUT2D eigenvalue weighted by atomic mass is 35.5. The molecular formula is C10H10Cl3N. The van der Waals surface area contributed by atoms with Gasteiger partial charge in [0, 0.05) is 16.6 Å². The Hall–Kier alpha value is -0.240. The van der Waals surface area contributed by atoms with E-state index in [1.807, 2.05) is 13.8 Å². The zero-order valence-electron chi connectivity index (χ0n) is 7.89. The smallest absolute Gasteiger partial charge is 0.132 e. The molecule has 0 unspecified atom stereocenters. The van der Waals surface area contributed by atoms with Gasteiger partial charge in [-0.3, -0.25) is 4.99 Å². The second-order valence-electron chi connectivity index (χ2n) is 3.14. The van der Waals surface area contributed by atoms with Crippen molar-refractivity contribution in [1.29, 1.82) is 0 Å². The number of aliphatic imine (C=N–C) groups is 1. The summed E-state index contributed by atoms with van der Waals surface area (Å²) >= 11 is 17.7. The Morgan fingerprint density at radius 2 is 1.93 bits per heavy atom. The van der Waals surface area contributed by atoms with Gasteiger partial charge >= 0.3 is 0 Å². The molecule has 0 fully saturated rings. The first kappa shape index (κ1) is 11.8. The highest BCUT2D eigenvalue weighted by molar-refractivity contribution is 6.70. The molecule has 0 amide bonds. The van der Waals surface area contributed by atoms with Crippen molar-refractivity contribution >= 4 is 40.0 Å². The lowest BCUT2D eigenvalue weighted by Gasteiger charge is -2.04. The fraction of sp³-hybridized carbons (Fsp3) is 0.300. The van der Waals surface area contributed by atoms with Crippen LogP contribution in [0.5, 0.6) is 0 Å². The molecule has 1 aromatic carbocycles. The Morgan fingerprint density at radius 3 is 2.43 bits per heavy atom. The van der Waals surface area contributed by atoms with Gasteiger partial charge in [-0.2, -0.15) is 0 Å². The van der Waals surface area contributed by atoms with Crippen molar-refractivity contribution in [2.75, 3.05) is 0 Å². The predicted octanol–water partition coefficient (Wildman–Crippen LogP) is 4.39. The molecule has 1 nitrogen and oxygen atoms in total. The summed E-state index contributed by atoms with van der Waals surface area (Å²) in [5, 5.41) is 1.53. The molecule has 1 rings (SSSR count). The van der Waals surface area contributed by atoms with E-state index in [1.54, 1.807) is 18.2 Å². The van der Waals surface area contributed by atoms with Crippen molar-refractivity contribution in [3.05, 3.63) is 33.8 Å². The third-order valence-electron chi connectivity index (χ3n) is 1.52. The van der Waals surface area contributed by atoms with Crippen LogP contribution >= 0.6 is 34.8 Å². The Bertz CT molecular complexity index is 358. The molecule has 0 bridgehead atoms. The topological polar surface area (TPSA) is 12.4 Å². The van der Waals surface area contributed by atoms with Crippen LogP contribution in [-0.2, 0) is 0 Å². The zero-order chi connectivity index (χ0) is 10.7. The largest absolute Gasteiger partial charge is 0.270 e. The van der Waals surface area contributed by atoms with E-state index in [4.69, 9.17) is 34.8 Å². The number of benzene rings is 1. The average molecular weight is 251 g/mol. The Balaban J connectivity index is 3.07. The summed E-state index contributed by atoms with van der Waals surface area (Å²) in [6.45, 7) is 3.90. The van der Waals surface area contributed by atoms with Crippen molar-refractivity contribution in [2.45, 2.75) is 19.9 Å². The summed E-state index contributed by atoms with van der Waals surface area (Å²) in [6.07, 6.45) is 0. The summed E-state index contributed by atoms with van der Waals surface area (Å²) < 4.78 is 0. The number of nitrogens with zero attached hydrogens (tertiary/aromatic N) is 1. The lowest BCUT2D eigenvalue weighted by atomic mass is 10.2. The Labute approximate surface area is 98.7 Å². The number of halogens is 3. The minimum atomic E-state index is 0.147. The third kappa shape index (κ3) is 3.16. The van der Waals surface area contributed by atoms with Gasteiger partial charge in [0.05, 0.1) is 5.02 Å². The Morgan fingerprint density at radius 1 is 1.29 bits per heavy atom. The molecule has 0 aliphatic rings. The van der Waals surface area contributed by atoms with E-state index >= 15 is 0 Å². The molecule has 0 aromatic heterocycles. The molecule has 0 heterocycles. The summed E-state index contributed by atoms with van der Waals surface area (Å²) in [5.74, 6) is 0. The molecule has 1 aromatic rings. The van der Waals surface area contributed by atoms with E-state index in [0.717, 1.165) is 0 Å². The van der Waals surface area contributed by atoms with Crippen LogP contribution in [0.15, 0.2) is 23.2 Å². The van der Waals surface area contributed by atoms with Crippen LogP contribution in [-0.4, -0.2) is 11.2 Å². The summed E-state index contributed by atoms with van der Waals surface area (Å²) in [4.78, 5) is 4.19. The minimum Gasteiger partial charge on any atom is -0.270 e. The molecule has 0 atom stereocenters. The zero-order valence-corrected chi connectivity index (χ0v) is 10.2. The van der Waals surface area contributed by atoms with Crippen molar-refractivity contribution in [1.82, 2.24) is 0 Å². The van der Waals surface area contributed by atoms with Gasteiger partial charge in [-0.15, -0.1) is 0 Å². The molecule has 14 heavy (non-hydrogen) atoms. The third-order valence-corrected chi connectivity index (χ3v) is 2.37. The quantitative estimate of drug-likeness (QED) is 0.691. The maximum atomic E-state index is 5.98. The van der Waals surface area contributed by atoms with E-state index in [9.17, 15) is 0 Å². The molecule has 0 saturated heterocycles. The van der Waals surface area contributed by atoms with Crippen molar-refractivity contribution in [3.63, 3.8) is 0 Å². The van der Waals surface area contributed by atoms with E-state index in [2.05, 4.69) is 4.99 Å². The maximum Gasteiger partial charge on any atom is 0.132 e. The predicted molar refractivity (Wildman–Crippen MR) is 64.0 cm³/mol. The second kappa shape index (κ2) is 5.01. The minimum absolute atomic E-state index is 0.147. The van der Waals surface area contributed by atoms with Gasteiger partial charge < -0.3 is 0 Å². The van der Waals surface area contributed by atoms with E-state index in [-0.39, 0.29) is 6.04 Å². The van der Waals surface area contributed by atoms with Crippen molar-refractivity contribution in [2.24, 2.45) is 4.99 Å². The number of rotatable bonds is 2. The van der Waals surface area contributed by atoms with Crippen LogP contribution in [0, 0.1) is 0 Å². The van der Waals surface area contributed by atoms with E-state index in [0.29, 0.717) is 20.8 Å². The van der Waals surface area contributed by atoms with Crippen molar-refractivity contribution < 1.29 is 0 Å². The van der Waals surface area contributed by atoms with Crippen LogP contribution in [0.1, 0.15) is 19.4 Å². The van der Waals surface area contributed by atoms with Crippen LogP contribution in [0.2, 0.25) is 10.0 Å². The lowest BCUT2D eigenvalue weighted by molar-refractivity contribution is 0.839. The second-order valence-corrected chi connectivity index (χ2v) is 4.34. The fourth-order valence-electron chi connectivity index (χ4n) is 0.953. The fourth-order valence-corrected chi connectivity index (χ4v) is 1.86. The molecule has 76 valence electrons. The highest BCUT2D eigenvalue weighted by Gasteiger charge is 2.06. The standard InChI is InChI=1S/C10H10Cl3N/c1-6(2)14-10(13)8-4-3-7(11)5-9(8)12/h3-6H,1-2H3/b14-10-. The highest BCUT2D eigenvalue weighted by Crippen LogP contribution is 2.23. The molecule has 4 heteroatoms. The molecule has 0 saturated carbocycles. The van der Waals surface area contributed by atoms with Crippen LogP contribution in [0.4, 0.5) is 0 Å². The van der Waals surface area contributed by atoms with Crippen LogP contribution in [0.3, 0.4) is 0 Å². The van der Waals surface area contributed by atoms with E-state index < -0.39 is 0 Å². The number of hydrogen-bond acceptors (Lipinski definition) is 1. The van der Waals surface area contributed by atoms with Crippen LogP contribution < -0.4 is 0 Å². The lowest BCUT2D eigenvalue weighted by Crippen LogP contribution is -1.98. The van der Waals surface area contributed by atoms with Crippen molar-refractivity contribution in [3.8, 4) is 0 Å². The SMILES string of the molecule is CC(C)/N=C(\Cl)c1ccc(Cl)cc1Cl. The van der Waals surface area contributed by atoms with E-state index in [1.165, 1.54) is 0 Å².